The first-order chi connectivity index (χ1) is 8.06. The van der Waals surface area contributed by atoms with Gasteiger partial charge in [-0.1, -0.05) is 0 Å². The summed E-state index contributed by atoms with van der Waals surface area (Å²) in [6.07, 6.45) is 2.25. The number of imide groups is 1. The van der Waals surface area contributed by atoms with Crippen molar-refractivity contribution < 1.29 is 19.5 Å². The summed E-state index contributed by atoms with van der Waals surface area (Å²) in [6, 6.07) is 0. The summed E-state index contributed by atoms with van der Waals surface area (Å²) in [5.74, 6) is -1.86. The molecule has 0 saturated carbocycles. The highest BCUT2D eigenvalue weighted by atomic mass is 16.4. The normalized spacial score (nSPS) is 15.6. The molecule has 1 fully saturated rings. The summed E-state index contributed by atoms with van der Waals surface area (Å²) >= 11 is 0. The lowest BCUT2D eigenvalue weighted by molar-refractivity contribution is -0.130. The summed E-state index contributed by atoms with van der Waals surface area (Å²) in [6.45, 7) is -0.0592. The molecule has 2 amide bonds. The summed E-state index contributed by atoms with van der Waals surface area (Å²) in [5, 5.41) is 10.8. The lowest BCUT2D eigenvalue weighted by Gasteiger charge is -2.24. The highest BCUT2D eigenvalue weighted by Crippen LogP contribution is 2.08. The van der Waals surface area contributed by atoms with Crippen molar-refractivity contribution in [3.8, 4) is 0 Å². The van der Waals surface area contributed by atoms with Crippen LogP contribution in [-0.4, -0.2) is 45.9 Å². The molecular weight excluding hydrogens is 228 g/mol. The van der Waals surface area contributed by atoms with Gasteiger partial charge in [-0.2, -0.15) is 0 Å². The predicted molar refractivity (Wildman–Crippen MR) is 54.4 cm³/mol. The summed E-state index contributed by atoms with van der Waals surface area (Å²) in [4.78, 5) is 41.8. The summed E-state index contributed by atoms with van der Waals surface area (Å²) in [7, 11) is 0. The molecule has 1 saturated heterocycles. The molecule has 17 heavy (non-hydrogen) atoms. The molecule has 0 aliphatic carbocycles. The van der Waals surface area contributed by atoms with Crippen LogP contribution in [0.1, 0.15) is 10.4 Å². The highest BCUT2D eigenvalue weighted by Gasteiger charge is 2.24. The summed E-state index contributed by atoms with van der Waals surface area (Å²) in [5.41, 5.74) is -0.0541. The second-order valence-corrected chi connectivity index (χ2v) is 3.40. The Morgan fingerprint density at radius 1 is 1.24 bits per heavy atom. The maximum Gasteiger partial charge on any atom is 0.338 e. The number of carbonyl (C=O) groups excluding carboxylic acids is 2. The van der Waals surface area contributed by atoms with Crippen molar-refractivity contribution in [3.05, 3.63) is 18.0 Å². The van der Waals surface area contributed by atoms with E-state index < -0.39 is 17.8 Å². The Bertz CT molecular complexity index is 468. The van der Waals surface area contributed by atoms with E-state index in [0.29, 0.717) is 0 Å². The molecule has 0 spiro atoms. The first kappa shape index (κ1) is 11.0. The number of anilines is 1. The zero-order valence-electron chi connectivity index (χ0n) is 8.58. The van der Waals surface area contributed by atoms with Gasteiger partial charge in [-0.15, -0.1) is 0 Å². The Morgan fingerprint density at radius 3 is 2.24 bits per heavy atom. The Labute approximate surface area is 95.3 Å². The average Bonchev–Trinajstić information content (AvgIpc) is 2.28. The van der Waals surface area contributed by atoms with E-state index in [2.05, 4.69) is 15.3 Å². The zero-order chi connectivity index (χ0) is 12.4. The molecule has 8 nitrogen and oxygen atoms in total. The van der Waals surface area contributed by atoms with Crippen molar-refractivity contribution in [1.29, 1.82) is 0 Å². The van der Waals surface area contributed by atoms with Gasteiger partial charge in [-0.25, -0.2) is 14.8 Å². The van der Waals surface area contributed by atoms with Crippen LogP contribution in [0.3, 0.4) is 0 Å². The van der Waals surface area contributed by atoms with Crippen molar-refractivity contribution in [3.63, 3.8) is 0 Å². The van der Waals surface area contributed by atoms with Crippen LogP contribution in [-0.2, 0) is 9.59 Å². The van der Waals surface area contributed by atoms with Gasteiger partial charge < -0.3 is 10.0 Å². The van der Waals surface area contributed by atoms with Crippen LogP contribution < -0.4 is 10.2 Å². The molecule has 0 bridgehead atoms. The Kier molecular flexibility index (Phi) is 2.69. The first-order valence-electron chi connectivity index (χ1n) is 4.69. The molecule has 2 rings (SSSR count). The topological polar surface area (TPSA) is 112 Å². The molecule has 1 aliphatic rings. The van der Waals surface area contributed by atoms with Gasteiger partial charge in [0.2, 0.25) is 17.8 Å². The monoisotopic (exact) mass is 236 g/mol. The number of piperazine rings is 1. The average molecular weight is 236 g/mol. The van der Waals surface area contributed by atoms with Crippen LogP contribution in [0.15, 0.2) is 12.4 Å². The Hall–Kier alpha value is -2.51. The lowest BCUT2D eigenvalue weighted by atomic mass is 10.3. The lowest BCUT2D eigenvalue weighted by Crippen LogP contribution is -2.52. The molecule has 88 valence electrons. The van der Waals surface area contributed by atoms with Crippen molar-refractivity contribution >= 4 is 23.7 Å². The minimum absolute atomic E-state index is 0.0296. The van der Waals surface area contributed by atoms with Gasteiger partial charge >= 0.3 is 5.97 Å². The number of carbonyl (C=O) groups is 3. The number of amides is 2. The number of aromatic carboxylic acids is 1. The van der Waals surface area contributed by atoms with Crippen LogP contribution in [0.4, 0.5) is 5.95 Å². The fourth-order valence-corrected chi connectivity index (χ4v) is 1.37. The summed E-state index contributed by atoms with van der Waals surface area (Å²) < 4.78 is 0. The molecule has 2 N–H and O–H groups in total. The Morgan fingerprint density at radius 2 is 1.76 bits per heavy atom. The first-order valence-corrected chi connectivity index (χ1v) is 4.69. The van der Waals surface area contributed by atoms with Gasteiger partial charge in [0.15, 0.2) is 0 Å². The van der Waals surface area contributed by atoms with Crippen molar-refractivity contribution in [2.24, 2.45) is 0 Å². The molecule has 0 aromatic carbocycles. The van der Waals surface area contributed by atoms with E-state index in [1.165, 1.54) is 4.90 Å². The van der Waals surface area contributed by atoms with Crippen molar-refractivity contribution in [2.75, 3.05) is 18.0 Å². The van der Waals surface area contributed by atoms with Gasteiger partial charge in [0.25, 0.3) is 0 Å². The van der Waals surface area contributed by atoms with Crippen molar-refractivity contribution in [2.45, 2.75) is 0 Å². The number of rotatable bonds is 2. The molecule has 0 radical (unpaired) electrons. The molecule has 0 atom stereocenters. The number of aromatic nitrogens is 2. The number of nitrogens with zero attached hydrogens (tertiary/aromatic N) is 3. The largest absolute Gasteiger partial charge is 0.478 e. The van der Waals surface area contributed by atoms with E-state index in [0.717, 1.165) is 12.4 Å². The van der Waals surface area contributed by atoms with Crippen LogP contribution in [0.5, 0.6) is 0 Å². The minimum Gasteiger partial charge on any atom is -0.478 e. The van der Waals surface area contributed by atoms with E-state index in [-0.39, 0.29) is 24.6 Å². The smallest absolute Gasteiger partial charge is 0.338 e. The number of carboxylic acid groups (broad SMARTS) is 1. The number of hydrogen-bond acceptors (Lipinski definition) is 6. The zero-order valence-corrected chi connectivity index (χ0v) is 8.58. The molecule has 0 unspecified atom stereocenters. The molecule has 8 heteroatoms. The van der Waals surface area contributed by atoms with Crippen LogP contribution >= 0.6 is 0 Å². The molecule has 1 aromatic heterocycles. The number of carboxylic acids is 1. The van der Waals surface area contributed by atoms with Crippen LogP contribution in [0.2, 0.25) is 0 Å². The predicted octanol–water partition coefficient (Wildman–Crippen LogP) is -1.36. The van der Waals surface area contributed by atoms with E-state index in [9.17, 15) is 14.4 Å². The number of nitrogens with one attached hydrogen (secondary N) is 1. The quantitative estimate of drug-likeness (QED) is 0.609. The fourth-order valence-electron chi connectivity index (χ4n) is 1.37. The highest BCUT2D eigenvalue weighted by molar-refractivity contribution is 6.02. The van der Waals surface area contributed by atoms with E-state index in [1.54, 1.807) is 0 Å². The van der Waals surface area contributed by atoms with E-state index in [1.807, 2.05) is 0 Å². The van der Waals surface area contributed by atoms with Crippen LogP contribution in [0, 0.1) is 0 Å². The third kappa shape index (κ3) is 2.36. The number of hydrogen-bond donors (Lipinski definition) is 2. The van der Waals surface area contributed by atoms with Gasteiger partial charge in [0.1, 0.15) is 13.1 Å². The second-order valence-electron chi connectivity index (χ2n) is 3.40. The second kappa shape index (κ2) is 4.16. The molecule has 1 aromatic rings. The van der Waals surface area contributed by atoms with Gasteiger partial charge in [0.05, 0.1) is 5.56 Å². The van der Waals surface area contributed by atoms with Gasteiger partial charge in [0, 0.05) is 12.4 Å². The van der Waals surface area contributed by atoms with Crippen molar-refractivity contribution in [1.82, 2.24) is 15.3 Å². The van der Waals surface area contributed by atoms with Crippen LogP contribution in [0.25, 0.3) is 0 Å². The van der Waals surface area contributed by atoms with Gasteiger partial charge in [-0.3, -0.25) is 14.9 Å². The third-order valence-electron chi connectivity index (χ3n) is 2.12. The SMILES string of the molecule is O=C1CN(c2ncc(C(=O)O)cn2)CC(=O)N1. The molecule has 1 aliphatic heterocycles. The maximum absolute atomic E-state index is 11.1. The molecular formula is C9H8N4O4. The van der Waals surface area contributed by atoms with E-state index >= 15 is 0 Å². The Balaban J connectivity index is 2.19. The van der Waals surface area contributed by atoms with Gasteiger partial charge in [-0.05, 0) is 0 Å². The maximum atomic E-state index is 11.1. The van der Waals surface area contributed by atoms with E-state index in [4.69, 9.17) is 5.11 Å². The third-order valence-corrected chi connectivity index (χ3v) is 2.12. The molecule has 2 heterocycles. The standard InChI is InChI=1S/C9H8N4O4/c14-6-3-13(4-7(15)12-6)9-10-1-5(2-11-9)8(16)17/h1-2H,3-4H2,(H,16,17)(H,12,14,15). The fraction of sp³-hybridized carbons (Fsp3) is 0.222. The minimum atomic E-state index is -1.14.